The topological polar surface area (TPSA) is 57.5 Å². The van der Waals surface area contributed by atoms with E-state index in [0.29, 0.717) is 12.8 Å². The molecule has 2 atom stereocenters. The van der Waals surface area contributed by atoms with E-state index in [9.17, 15) is 9.90 Å². The molecule has 0 rings (SSSR count). The van der Waals surface area contributed by atoms with Crippen molar-refractivity contribution in [2.75, 3.05) is 0 Å². The zero-order chi connectivity index (χ0) is 14.5. The van der Waals surface area contributed by atoms with Gasteiger partial charge >= 0.3 is 5.97 Å². The first-order valence-corrected chi connectivity index (χ1v) is 8.04. The zero-order valence-corrected chi connectivity index (χ0v) is 12.7. The monoisotopic (exact) mass is 272 g/mol. The molecule has 0 saturated heterocycles. The molecule has 3 heteroatoms. The van der Waals surface area contributed by atoms with Gasteiger partial charge in [0.25, 0.3) is 0 Å². The molecule has 2 unspecified atom stereocenters. The number of carbonyl (C=O) groups is 1. The summed E-state index contributed by atoms with van der Waals surface area (Å²) >= 11 is 0. The third-order valence-corrected chi connectivity index (χ3v) is 3.75. The first-order valence-electron chi connectivity index (χ1n) is 8.04. The number of aliphatic hydroxyl groups is 1. The molecule has 2 N–H and O–H groups in total. The van der Waals surface area contributed by atoms with E-state index in [4.69, 9.17) is 5.11 Å². The summed E-state index contributed by atoms with van der Waals surface area (Å²) in [6, 6.07) is 0. The number of carboxylic acid groups (broad SMARTS) is 1. The molecule has 0 heterocycles. The van der Waals surface area contributed by atoms with Crippen LogP contribution in [0.1, 0.15) is 84.5 Å². The normalized spacial score (nSPS) is 14.3. The van der Waals surface area contributed by atoms with Gasteiger partial charge in [-0.1, -0.05) is 71.6 Å². The van der Waals surface area contributed by atoms with Crippen molar-refractivity contribution in [3.8, 4) is 0 Å². The van der Waals surface area contributed by atoms with E-state index in [1.165, 1.54) is 32.1 Å². The van der Waals surface area contributed by atoms with Crippen molar-refractivity contribution in [1.29, 1.82) is 0 Å². The summed E-state index contributed by atoms with van der Waals surface area (Å²) in [6.07, 6.45) is 10.8. The van der Waals surface area contributed by atoms with Crippen molar-refractivity contribution in [2.24, 2.45) is 5.92 Å². The van der Waals surface area contributed by atoms with Crippen LogP contribution in [0, 0.1) is 5.92 Å². The Kier molecular flexibility index (Phi) is 12.1. The average Bonchev–Trinajstić information content (AvgIpc) is 2.37. The van der Waals surface area contributed by atoms with E-state index in [1.54, 1.807) is 0 Å². The summed E-state index contributed by atoms with van der Waals surface area (Å²) in [5.74, 6) is -1.41. The molecule has 0 spiro atoms. The molecule has 0 aromatic heterocycles. The molecule has 0 amide bonds. The van der Waals surface area contributed by atoms with E-state index in [-0.39, 0.29) is 0 Å². The molecule has 114 valence electrons. The van der Waals surface area contributed by atoms with E-state index in [0.717, 1.165) is 25.7 Å². The first-order chi connectivity index (χ1) is 9.13. The third kappa shape index (κ3) is 9.94. The highest BCUT2D eigenvalue weighted by molar-refractivity contribution is 5.70. The Morgan fingerprint density at radius 3 is 1.89 bits per heavy atom. The van der Waals surface area contributed by atoms with E-state index in [1.807, 2.05) is 6.92 Å². The highest BCUT2D eigenvalue weighted by Gasteiger charge is 2.25. The molecule has 0 aromatic rings. The number of rotatable bonds is 13. The van der Waals surface area contributed by atoms with Crippen LogP contribution in [0.15, 0.2) is 0 Å². The zero-order valence-electron chi connectivity index (χ0n) is 12.7. The minimum atomic E-state index is -0.844. The van der Waals surface area contributed by atoms with Crippen LogP contribution in [0.4, 0.5) is 0 Å². The Balaban J connectivity index is 3.68. The van der Waals surface area contributed by atoms with Crippen LogP contribution in [0.25, 0.3) is 0 Å². The average molecular weight is 272 g/mol. The molecule has 19 heavy (non-hydrogen) atoms. The van der Waals surface area contributed by atoms with Gasteiger partial charge in [0.2, 0.25) is 0 Å². The second-order valence-corrected chi connectivity index (χ2v) is 5.56. The maximum Gasteiger partial charge on any atom is 0.309 e. The SMILES string of the molecule is CCCCCCCCCC(O)C(CCCC)C(=O)O. The Morgan fingerprint density at radius 1 is 0.842 bits per heavy atom. The van der Waals surface area contributed by atoms with Gasteiger partial charge in [-0.3, -0.25) is 4.79 Å². The summed E-state index contributed by atoms with van der Waals surface area (Å²) in [5.41, 5.74) is 0. The lowest BCUT2D eigenvalue weighted by Crippen LogP contribution is -2.28. The molecule has 3 nitrogen and oxygen atoms in total. The lowest BCUT2D eigenvalue weighted by molar-refractivity contribution is -0.146. The standard InChI is InChI=1S/C16H32O3/c1-3-5-7-8-9-10-11-13-15(17)14(16(18)19)12-6-4-2/h14-15,17H,3-13H2,1-2H3,(H,18,19). The second kappa shape index (κ2) is 12.5. The van der Waals surface area contributed by atoms with Gasteiger partial charge in [-0.2, -0.15) is 0 Å². The predicted molar refractivity (Wildman–Crippen MR) is 79.3 cm³/mol. The smallest absolute Gasteiger partial charge is 0.309 e. The number of hydrogen-bond donors (Lipinski definition) is 2. The van der Waals surface area contributed by atoms with Crippen LogP contribution in [0.2, 0.25) is 0 Å². The van der Waals surface area contributed by atoms with Crippen LogP contribution in [-0.2, 0) is 4.79 Å². The molecule has 0 bridgehead atoms. The number of aliphatic carboxylic acids is 1. The summed E-state index contributed by atoms with van der Waals surface area (Å²) < 4.78 is 0. The second-order valence-electron chi connectivity index (χ2n) is 5.56. The molecule has 0 aromatic carbocycles. The van der Waals surface area contributed by atoms with E-state index < -0.39 is 18.0 Å². The summed E-state index contributed by atoms with van der Waals surface area (Å²) in [4.78, 5) is 11.1. The van der Waals surface area contributed by atoms with Gasteiger partial charge in [-0.15, -0.1) is 0 Å². The molecular weight excluding hydrogens is 240 g/mol. The Bertz CT molecular complexity index is 216. The van der Waals surface area contributed by atoms with Gasteiger partial charge < -0.3 is 10.2 Å². The molecule has 0 aliphatic carbocycles. The van der Waals surface area contributed by atoms with Gasteiger partial charge in [0.15, 0.2) is 0 Å². The van der Waals surface area contributed by atoms with Gasteiger partial charge in [-0.25, -0.2) is 0 Å². The fourth-order valence-electron chi connectivity index (χ4n) is 2.42. The molecule has 0 fully saturated rings. The van der Waals surface area contributed by atoms with Crippen LogP contribution in [-0.4, -0.2) is 22.3 Å². The Labute approximate surface area is 118 Å². The molecule has 0 aliphatic rings. The molecule has 0 aliphatic heterocycles. The maximum atomic E-state index is 11.1. The highest BCUT2D eigenvalue weighted by atomic mass is 16.4. The summed E-state index contributed by atoms with van der Waals surface area (Å²) in [6.45, 7) is 4.25. The fourth-order valence-corrected chi connectivity index (χ4v) is 2.42. The summed E-state index contributed by atoms with van der Waals surface area (Å²) in [5, 5.41) is 19.1. The van der Waals surface area contributed by atoms with Crippen molar-refractivity contribution >= 4 is 5.97 Å². The molecular formula is C16H32O3. The van der Waals surface area contributed by atoms with Crippen molar-refractivity contribution in [1.82, 2.24) is 0 Å². The predicted octanol–water partition coefficient (Wildman–Crippen LogP) is 4.38. The Hall–Kier alpha value is -0.570. The third-order valence-electron chi connectivity index (χ3n) is 3.75. The fraction of sp³-hybridized carbons (Fsp3) is 0.938. The van der Waals surface area contributed by atoms with Gasteiger partial charge in [0.05, 0.1) is 12.0 Å². The van der Waals surface area contributed by atoms with Crippen molar-refractivity contribution < 1.29 is 15.0 Å². The van der Waals surface area contributed by atoms with Crippen LogP contribution in [0.5, 0.6) is 0 Å². The first kappa shape index (κ1) is 18.4. The minimum Gasteiger partial charge on any atom is -0.481 e. The lowest BCUT2D eigenvalue weighted by atomic mass is 9.92. The van der Waals surface area contributed by atoms with Gasteiger partial charge in [0.1, 0.15) is 0 Å². The van der Waals surface area contributed by atoms with Crippen LogP contribution in [0.3, 0.4) is 0 Å². The number of aliphatic hydroxyl groups excluding tert-OH is 1. The van der Waals surface area contributed by atoms with Crippen molar-refractivity contribution in [3.05, 3.63) is 0 Å². The molecule has 0 saturated carbocycles. The largest absolute Gasteiger partial charge is 0.481 e. The van der Waals surface area contributed by atoms with Gasteiger partial charge in [-0.05, 0) is 12.8 Å². The minimum absolute atomic E-state index is 0.569. The Morgan fingerprint density at radius 2 is 1.37 bits per heavy atom. The maximum absolute atomic E-state index is 11.1. The lowest BCUT2D eigenvalue weighted by Gasteiger charge is -2.18. The van der Waals surface area contributed by atoms with E-state index >= 15 is 0 Å². The molecule has 0 radical (unpaired) electrons. The van der Waals surface area contributed by atoms with Gasteiger partial charge in [0, 0.05) is 0 Å². The van der Waals surface area contributed by atoms with Crippen LogP contribution < -0.4 is 0 Å². The number of hydrogen-bond acceptors (Lipinski definition) is 2. The van der Waals surface area contributed by atoms with E-state index in [2.05, 4.69) is 6.92 Å². The number of carboxylic acids is 1. The highest BCUT2D eigenvalue weighted by Crippen LogP contribution is 2.19. The summed E-state index contributed by atoms with van der Waals surface area (Å²) in [7, 11) is 0. The number of unbranched alkanes of at least 4 members (excludes halogenated alkanes) is 7. The van der Waals surface area contributed by atoms with Crippen molar-refractivity contribution in [2.45, 2.75) is 90.6 Å². The van der Waals surface area contributed by atoms with Crippen LogP contribution >= 0.6 is 0 Å². The quantitative estimate of drug-likeness (QED) is 0.489. The van der Waals surface area contributed by atoms with Crippen molar-refractivity contribution in [3.63, 3.8) is 0 Å².